The Morgan fingerprint density at radius 2 is 1.89 bits per heavy atom. The number of benzene rings is 1. The van der Waals surface area contributed by atoms with E-state index in [4.69, 9.17) is 5.73 Å². The van der Waals surface area contributed by atoms with Gasteiger partial charge in [0.25, 0.3) is 5.69 Å². The minimum absolute atomic E-state index is 0.0915. The molecule has 1 aromatic carbocycles. The number of carbonyl (C=O) groups is 2. The maximum atomic E-state index is 12.8. The van der Waals surface area contributed by atoms with Crippen molar-refractivity contribution in [2.75, 3.05) is 13.1 Å². The molecule has 3 rings (SSSR count). The summed E-state index contributed by atoms with van der Waals surface area (Å²) in [5, 5.41) is 22.2. The average molecular weight is 401 g/mol. The number of hydrogen-bond donors (Lipinski definition) is 2. The predicted molar refractivity (Wildman–Crippen MR) is 103 cm³/mol. The van der Waals surface area contributed by atoms with Crippen molar-refractivity contribution in [3.05, 3.63) is 50.5 Å². The number of imide groups is 1. The van der Waals surface area contributed by atoms with E-state index in [1.165, 1.54) is 24.3 Å². The first-order valence-corrected chi connectivity index (χ1v) is 9.71. The molecule has 1 aromatic rings. The van der Waals surface area contributed by atoms with E-state index in [-0.39, 0.29) is 16.3 Å². The van der Waals surface area contributed by atoms with Gasteiger partial charge in [0.15, 0.2) is 0 Å². The Kier molecular flexibility index (Phi) is 5.84. The number of non-ortho nitro benzene ring substituents is 1. The number of piperidine rings is 1. The highest BCUT2D eigenvalue weighted by Crippen LogP contribution is 2.45. The van der Waals surface area contributed by atoms with Gasteiger partial charge in [-0.05, 0) is 24.8 Å². The van der Waals surface area contributed by atoms with E-state index >= 15 is 0 Å². The monoisotopic (exact) mass is 401 g/mol. The minimum Gasteiger partial charge on any atom is -0.393 e. The first kappa shape index (κ1) is 19.7. The fraction of sp³-hybridized carbons (Fsp3) is 0.389. The van der Waals surface area contributed by atoms with Crippen molar-refractivity contribution in [3.63, 3.8) is 0 Å². The molecule has 28 heavy (non-hydrogen) atoms. The molecule has 1 saturated heterocycles. The van der Waals surface area contributed by atoms with Crippen LogP contribution in [-0.2, 0) is 4.79 Å². The molecular weight excluding hydrogens is 382 g/mol. The van der Waals surface area contributed by atoms with Crippen LogP contribution in [0.4, 0.5) is 10.5 Å². The lowest BCUT2D eigenvalue weighted by molar-refractivity contribution is -0.384. The Balaban J connectivity index is 1.81. The second-order valence-corrected chi connectivity index (χ2v) is 7.78. The zero-order valence-electron chi connectivity index (χ0n) is 15.0. The fourth-order valence-electron chi connectivity index (χ4n) is 3.40. The number of thioether (sulfide) groups is 1. The molecule has 0 saturated carbocycles. The molecule has 0 aromatic heterocycles. The van der Waals surface area contributed by atoms with Crippen molar-refractivity contribution in [2.24, 2.45) is 5.73 Å². The summed E-state index contributed by atoms with van der Waals surface area (Å²) in [5.74, 6) is -1.21. The van der Waals surface area contributed by atoms with Gasteiger partial charge in [-0.25, -0.2) is 4.79 Å². The molecule has 3 N–H and O–H groups in total. The van der Waals surface area contributed by atoms with Crippen molar-refractivity contribution in [1.82, 2.24) is 10.2 Å². The number of amides is 3. The summed E-state index contributed by atoms with van der Waals surface area (Å²) in [4.78, 5) is 37.1. The number of nitrogens with one attached hydrogen (secondary N) is 1. The number of nitrogens with two attached hydrogens (primary N) is 1. The highest BCUT2D eigenvalue weighted by Gasteiger charge is 2.41. The number of nitrogens with zero attached hydrogens (tertiary/aromatic N) is 3. The molecule has 2 unspecified atom stereocenters. The van der Waals surface area contributed by atoms with E-state index < -0.39 is 28.0 Å². The SMILES string of the molecule is N#CC1=C(N)SC(C(=O)NC(=O)N2CCCCC2)C1c1ccc([N+](=O)[O-])cc1. The smallest absolute Gasteiger partial charge is 0.324 e. The van der Waals surface area contributed by atoms with Gasteiger partial charge in [0.2, 0.25) is 5.91 Å². The lowest BCUT2D eigenvalue weighted by atomic mass is 9.88. The number of urea groups is 1. The maximum absolute atomic E-state index is 12.8. The third kappa shape index (κ3) is 3.94. The van der Waals surface area contributed by atoms with E-state index in [0.29, 0.717) is 18.7 Å². The highest BCUT2D eigenvalue weighted by molar-refractivity contribution is 8.04. The molecule has 9 nitrogen and oxygen atoms in total. The van der Waals surface area contributed by atoms with Gasteiger partial charge in [0.1, 0.15) is 5.25 Å². The van der Waals surface area contributed by atoms with Crippen LogP contribution in [0.15, 0.2) is 34.9 Å². The zero-order valence-corrected chi connectivity index (χ0v) is 15.8. The van der Waals surface area contributed by atoms with Crippen LogP contribution in [0.5, 0.6) is 0 Å². The molecule has 3 amide bonds. The van der Waals surface area contributed by atoms with E-state index in [0.717, 1.165) is 31.0 Å². The normalized spacial score (nSPS) is 21.9. The summed E-state index contributed by atoms with van der Waals surface area (Å²) in [6.07, 6.45) is 2.86. The predicted octanol–water partition coefficient (Wildman–Crippen LogP) is 2.21. The number of nitro groups is 1. The molecule has 0 spiro atoms. The molecule has 2 aliphatic rings. The summed E-state index contributed by atoms with van der Waals surface area (Å²) in [6, 6.07) is 7.22. The molecule has 0 aliphatic carbocycles. The largest absolute Gasteiger partial charge is 0.393 e. The van der Waals surface area contributed by atoms with Gasteiger partial charge in [-0.3, -0.25) is 20.2 Å². The zero-order chi connectivity index (χ0) is 20.3. The minimum atomic E-state index is -0.801. The second-order valence-electron chi connectivity index (χ2n) is 6.60. The number of allylic oxidation sites excluding steroid dienone is 1. The van der Waals surface area contributed by atoms with Gasteiger partial charge in [0.05, 0.1) is 21.6 Å². The van der Waals surface area contributed by atoms with Gasteiger partial charge in [0, 0.05) is 31.1 Å². The van der Waals surface area contributed by atoms with Crippen LogP contribution in [0, 0.1) is 21.4 Å². The molecule has 2 atom stereocenters. The summed E-state index contributed by atoms with van der Waals surface area (Å²) in [5.41, 5.74) is 6.62. The van der Waals surface area contributed by atoms with Crippen LogP contribution in [0.25, 0.3) is 0 Å². The molecule has 0 bridgehead atoms. The third-order valence-corrected chi connectivity index (χ3v) is 6.06. The Morgan fingerprint density at radius 3 is 2.46 bits per heavy atom. The lowest BCUT2D eigenvalue weighted by Gasteiger charge is -2.27. The van der Waals surface area contributed by atoms with Gasteiger partial charge >= 0.3 is 6.03 Å². The van der Waals surface area contributed by atoms with E-state index in [2.05, 4.69) is 5.32 Å². The van der Waals surface area contributed by atoms with E-state index in [9.17, 15) is 25.0 Å². The summed E-state index contributed by atoms with van der Waals surface area (Å²) in [6.45, 7) is 1.21. The first-order chi connectivity index (χ1) is 13.4. The van der Waals surface area contributed by atoms with Crippen molar-refractivity contribution < 1.29 is 14.5 Å². The molecule has 2 aliphatic heterocycles. The number of rotatable bonds is 3. The van der Waals surface area contributed by atoms with Gasteiger partial charge in [-0.1, -0.05) is 23.9 Å². The third-order valence-electron chi connectivity index (χ3n) is 4.85. The summed E-state index contributed by atoms with van der Waals surface area (Å²) >= 11 is 1.03. The van der Waals surface area contributed by atoms with Crippen LogP contribution in [0.1, 0.15) is 30.7 Å². The Morgan fingerprint density at radius 1 is 1.25 bits per heavy atom. The Labute approximate surface area is 165 Å². The van der Waals surface area contributed by atoms with E-state index in [1.54, 1.807) is 4.90 Å². The molecule has 1 fully saturated rings. The number of nitriles is 1. The quantitative estimate of drug-likeness (QED) is 0.584. The molecule has 10 heteroatoms. The van der Waals surface area contributed by atoms with Crippen LogP contribution in [-0.4, -0.2) is 40.1 Å². The lowest BCUT2D eigenvalue weighted by Crippen LogP contribution is -2.48. The van der Waals surface area contributed by atoms with Gasteiger partial charge in [-0.15, -0.1) is 0 Å². The number of likely N-dealkylation sites (tertiary alicyclic amines) is 1. The van der Waals surface area contributed by atoms with Crippen molar-refractivity contribution in [3.8, 4) is 6.07 Å². The molecule has 146 valence electrons. The summed E-state index contributed by atoms with van der Waals surface area (Å²) < 4.78 is 0. The van der Waals surface area contributed by atoms with Crippen molar-refractivity contribution >= 4 is 29.4 Å². The van der Waals surface area contributed by atoms with Crippen LogP contribution in [0.2, 0.25) is 0 Å². The number of hydrogen-bond acceptors (Lipinski definition) is 7. The van der Waals surface area contributed by atoms with E-state index in [1.807, 2.05) is 6.07 Å². The first-order valence-electron chi connectivity index (χ1n) is 8.83. The Hall–Kier alpha value is -3.06. The standard InChI is InChI=1S/C18H19N5O4S/c19-10-13-14(11-4-6-12(7-5-11)23(26)27)15(28-16(13)20)17(24)21-18(25)22-8-2-1-3-9-22/h4-7,14-15H,1-3,8-9,20H2,(H,21,24,25). The van der Waals surface area contributed by atoms with Crippen LogP contribution >= 0.6 is 11.8 Å². The topological polar surface area (TPSA) is 142 Å². The molecular formula is C18H19N5O4S. The summed E-state index contributed by atoms with van der Waals surface area (Å²) in [7, 11) is 0. The number of carbonyl (C=O) groups excluding carboxylic acids is 2. The average Bonchev–Trinajstić information content (AvgIpc) is 3.05. The second kappa shape index (κ2) is 8.31. The molecule has 0 radical (unpaired) electrons. The van der Waals surface area contributed by atoms with Crippen molar-refractivity contribution in [1.29, 1.82) is 5.26 Å². The van der Waals surface area contributed by atoms with Crippen LogP contribution in [0.3, 0.4) is 0 Å². The molecule has 2 heterocycles. The number of nitro benzene ring substituents is 1. The fourth-order valence-corrected chi connectivity index (χ4v) is 4.57. The maximum Gasteiger partial charge on any atom is 0.324 e. The Bertz CT molecular complexity index is 871. The highest BCUT2D eigenvalue weighted by atomic mass is 32.2. The van der Waals surface area contributed by atoms with Crippen molar-refractivity contribution in [2.45, 2.75) is 30.4 Å². The van der Waals surface area contributed by atoms with Gasteiger partial charge < -0.3 is 10.6 Å². The van der Waals surface area contributed by atoms with Crippen LogP contribution < -0.4 is 11.1 Å². The van der Waals surface area contributed by atoms with Gasteiger partial charge in [-0.2, -0.15) is 5.26 Å².